The molecular formula is C31H28FN5O4. The average Bonchev–Trinajstić information content (AvgIpc) is 3.30. The molecule has 1 fully saturated rings. The SMILES string of the molecule is [C-]#[N+]c1ccc(COc2cccc(C3=CCN(Cc4nc5ccc(C(=O)O)nc5n4C[C@@H]4CCO4)CC3)c2)c(F)c1. The first kappa shape index (κ1) is 26.6. The molecule has 0 radical (unpaired) electrons. The minimum absolute atomic E-state index is 0.000350. The highest BCUT2D eigenvalue weighted by atomic mass is 19.1. The number of benzene rings is 2. The fourth-order valence-corrected chi connectivity index (χ4v) is 5.10. The van der Waals surface area contributed by atoms with E-state index in [9.17, 15) is 14.3 Å². The van der Waals surface area contributed by atoms with Gasteiger partial charge in [0.2, 0.25) is 0 Å². The van der Waals surface area contributed by atoms with Crippen molar-refractivity contribution >= 4 is 28.4 Å². The molecular weight excluding hydrogens is 525 g/mol. The summed E-state index contributed by atoms with van der Waals surface area (Å²) in [6.45, 7) is 10.6. The van der Waals surface area contributed by atoms with E-state index in [0.717, 1.165) is 43.9 Å². The third kappa shape index (κ3) is 5.82. The second-order valence-corrected chi connectivity index (χ2v) is 10.2. The Balaban J connectivity index is 1.14. The van der Waals surface area contributed by atoms with Crippen LogP contribution in [0.4, 0.5) is 10.1 Å². The zero-order valence-electron chi connectivity index (χ0n) is 22.3. The molecule has 0 aliphatic carbocycles. The van der Waals surface area contributed by atoms with Gasteiger partial charge in [0, 0.05) is 25.3 Å². The fourth-order valence-electron chi connectivity index (χ4n) is 5.10. The number of pyridine rings is 1. The lowest BCUT2D eigenvalue weighted by Gasteiger charge is -2.29. The number of carboxylic acid groups (broad SMARTS) is 1. The van der Waals surface area contributed by atoms with Crippen LogP contribution in [-0.2, 0) is 24.4 Å². The van der Waals surface area contributed by atoms with Crippen LogP contribution in [0.3, 0.4) is 0 Å². The molecule has 41 heavy (non-hydrogen) atoms. The van der Waals surface area contributed by atoms with Gasteiger partial charge in [0.1, 0.15) is 29.5 Å². The van der Waals surface area contributed by atoms with Crippen molar-refractivity contribution in [3.63, 3.8) is 0 Å². The molecule has 0 bridgehead atoms. The molecule has 4 aromatic rings. The molecule has 4 heterocycles. The summed E-state index contributed by atoms with van der Waals surface area (Å²) in [5, 5.41) is 9.43. The number of ether oxygens (including phenoxy) is 2. The Morgan fingerprint density at radius 1 is 1.20 bits per heavy atom. The van der Waals surface area contributed by atoms with Gasteiger partial charge in [0.05, 0.1) is 25.8 Å². The first-order valence-corrected chi connectivity index (χ1v) is 13.5. The van der Waals surface area contributed by atoms with E-state index in [1.54, 1.807) is 18.2 Å². The van der Waals surface area contributed by atoms with Crippen molar-refractivity contribution in [3.8, 4) is 5.75 Å². The van der Waals surface area contributed by atoms with E-state index in [2.05, 4.69) is 20.8 Å². The van der Waals surface area contributed by atoms with E-state index in [4.69, 9.17) is 21.0 Å². The zero-order valence-corrected chi connectivity index (χ0v) is 22.3. The van der Waals surface area contributed by atoms with Crippen LogP contribution in [0.2, 0.25) is 0 Å². The molecule has 1 N–H and O–H groups in total. The number of hydrogen-bond acceptors (Lipinski definition) is 6. The smallest absolute Gasteiger partial charge is 0.354 e. The molecule has 0 spiro atoms. The predicted molar refractivity (Wildman–Crippen MR) is 150 cm³/mol. The Hall–Kier alpha value is -4.59. The number of carboxylic acids is 1. The third-order valence-electron chi connectivity index (χ3n) is 7.49. The van der Waals surface area contributed by atoms with Gasteiger partial charge in [0.25, 0.3) is 0 Å². The highest BCUT2D eigenvalue weighted by molar-refractivity contribution is 5.88. The molecule has 1 atom stereocenters. The maximum absolute atomic E-state index is 14.2. The molecule has 6 rings (SSSR count). The zero-order chi connectivity index (χ0) is 28.3. The van der Waals surface area contributed by atoms with Gasteiger partial charge >= 0.3 is 5.97 Å². The number of carbonyl (C=O) groups is 1. The van der Waals surface area contributed by atoms with E-state index in [1.807, 2.05) is 28.8 Å². The number of halogens is 1. The second-order valence-electron chi connectivity index (χ2n) is 10.2. The van der Waals surface area contributed by atoms with E-state index < -0.39 is 11.8 Å². The first-order chi connectivity index (χ1) is 20.0. The van der Waals surface area contributed by atoms with Gasteiger partial charge in [-0.25, -0.2) is 24.0 Å². The molecule has 0 amide bonds. The minimum atomic E-state index is -1.06. The maximum atomic E-state index is 14.2. The molecule has 2 aliphatic rings. The molecule has 2 aromatic heterocycles. The lowest BCUT2D eigenvalue weighted by atomic mass is 9.99. The van der Waals surface area contributed by atoms with Crippen molar-refractivity contribution in [2.45, 2.75) is 38.6 Å². The number of fused-ring (bicyclic) bond motifs is 1. The number of rotatable bonds is 9. The summed E-state index contributed by atoms with van der Waals surface area (Å²) in [5.74, 6) is -0.0163. The summed E-state index contributed by atoms with van der Waals surface area (Å²) in [7, 11) is 0. The molecule has 2 aliphatic heterocycles. The second kappa shape index (κ2) is 11.5. The van der Waals surface area contributed by atoms with Crippen LogP contribution in [0.5, 0.6) is 5.75 Å². The minimum Gasteiger partial charge on any atom is -0.489 e. The monoisotopic (exact) mass is 553 g/mol. The highest BCUT2D eigenvalue weighted by Crippen LogP contribution is 2.28. The van der Waals surface area contributed by atoms with Crippen molar-refractivity contribution in [2.75, 3.05) is 19.7 Å². The van der Waals surface area contributed by atoms with Gasteiger partial charge in [-0.3, -0.25) is 4.90 Å². The van der Waals surface area contributed by atoms with Crippen LogP contribution in [-0.4, -0.2) is 56.3 Å². The van der Waals surface area contributed by atoms with Crippen LogP contribution in [0.1, 0.15) is 40.3 Å². The van der Waals surface area contributed by atoms with Crippen molar-refractivity contribution in [1.82, 2.24) is 19.4 Å². The van der Waals surface area contributed by atoms with E-state index in [0.29, 0.717) is 35.6 Å². The normalized spacial score (nSPS) is 17.1. The largest absolute Gasteiger partial charge is 0.489 e. The number of nitrogens with zero attached hydrogens (tertiary/aromatic N) is 5. The van der Waals surface area contributed by atoms with Crippen LogP contribution >= 0.6 is 0 Å². The van der Waals surface area contributed by atoms with Gasteiger partial charge in [-0.2, -0.15) is 0 Å². The van der Waals surface area contributed by atoms with Crippen LogP contribution in [0.25, 0.3) is 21.6 Å². The van der Waals surface area contributed by atoms with Crippen LogP contribution in [0, 0.1) is 12.4 Å². The first-order valence-electron chi connectivity index (χ1n) is 13.5. The summed E-state index contributed by atoms with van der Waals surface area (Å²) in [6, 6.07) is 15.4. The maximum Gasteiger partial charge on any atom is 0.354 e. The average molecular weight is 554 g/mol. The van der Waals surface area contributed by atoms with Crippen LogP contribution in [0.15, 0.2) is 60.7 Å². The van der Waals surface area contributed by atoms with Gasteiger partial charge in [0.15, 0.2) is 17.0 Å². The fraction of sp³-hybridized carbons (Fsp3) is 0.290. The molecule has 10 heteroatoms. The summed E-state index contributed by atoms with van der Waals surface area (Å²) >= 11 is 0. The Labute approximate surface area is 236 Å². The van der Waals surface area contributed by atoms with E-state index in [-0.39, 0.29) is 24.1 Å². The van der Waals surface area contributed by atoms with Crippen molar-refractivity contribution in [2.24, 2.45) is 0 Å². The summed E-state index contributed by atoms with van der Waals surface area (Å²) in [6.07, 6.45) is 4.08. The number of aromatic carboxylic acids is 1. The number of imidazole rings is 1. The number of aromatic nitrogens is 3. The third-order valence-corrected chi connectivity index (χ3v) is 7.49. The molecule has 0 unspecified atom stereocenters. The van der Waals surface area contributed by atoms with Crippen LogP contribution < -0.4 is 4.74 Å². The van der Waals surface area contributed by atoms with Gasteiger partial charge < -0.3 is 19.1 Å². The molecule has 2 aromatic carbocycles. The highest BCUT2D eigenvalue weighted by Gasteiger charge is 2.24. The van der Waals surface area contributed by atoms with E-state index in [1.165, 1.54) is 17.7 Å². The lowest BCUT2D eigenvalue weighted by molar-refractivity contribution is -0.0592. The summed E-state index contributed by atoms with van der Waals surface area (Å²) in [5.41, 5.74) is 4.19. The number of hydrogen-bond donors (Lipinski definition) is 1. The molecule has 208 valence electrons. The van der Waals surface area contributed by atoms with Crippen molar-refractivity contribution in [1.29, 1.82) is 0 Å². The van der Waals surface area contributed by atoms with E-state index >= 15 is 0 Å². The Morgan fingerprint density at radius 2 is 2.07 bits per heavy atom. The predicted octanol–water partition coefficient (Wildman–Crippen LogP) is 5.48. The van der Waals surface area contributed by atoms with Gasteiger partial charge in [-0.1, -0.05) is 30.3 Å². The Bertz CT molecular complexity index is 1690. The van der Waals surface area contributed by atoms with Gasteiger partial charge in [-0.05, 0) is 54.3 Å². The molecule has 1 saturated heterocycles. The van der Waals surface area contributed by atoms with Crippen molar-refractivity contribution < 1.29 is 23.8 Å². The quantitative estimate of drug-likeness (QED) is 0.275. The molecule has 0 saturated carbocycles. The molecule has 9 nitrogen and oxygen atoms in total. The lowest BCUT2D eigenvalue weighted by Crippen LogP contribution is -2.33. The van der Waals surface area contributed by atoms with Crippen molar-refractivity contribution in [3.05, 3.63) is 101 Å². The summed E-state index contributed by atoms with van der Waals surface area (Å²) in [4.78, 5) is 26.2. The van der Waals surface area contributed by atoms with Gasteiger partial charge in [-0.15, -0.1) is 0 Å². The summed E-state index contributed by atoms with van der Waals surface area (Å²) < 4.78 is 27.8. The topological polar surface area (TPSA) is 94.1 Å². The Morgan fingerprint density at radius 3 is 2.78 bits per heavy atom. The standard InChI is InChI=1S/C31H28FN5O4/c1-33-23-6-5-22(26(32)16-23)19-41-24-4-2-3-21(15-24)20-9-12-36(13-10-20)18-29-34-27-7-8-28(31(38)39)35-30(27)37(29)17-25-11-14-40-25/h2-9,15-16,25H,10-14,17-19H2,(H,38,39)/t25-/m0/s1. The Kier molecular flexibility index (Phi) is 7.46.